The molecule has 1 unspecified atom stereocenters. The molecule has 0 bridgehead atoms. The van der Waals surface area contributed by atoms with E-state index in [4.69, 9.17) is 5.84 Å². The molecule has 0 amide bonds. The molecule has 2 heterocycles. The fourth-order valence-electron chi connectivity index (χ4n) is 2.33. The summed E-state index contributed by atoms with van der Waals surface area (Å²) in [6.45, 7) is 0. The molecule has 2 aromatic heterocycles. The Bertz CT molecular complexity index is 704. The van der Waals surface area contributed by atoms with Crippen LogP contribution in [0.1, 0.15) is 11.3 Å². The largest absolute Gasteiger partial charge is 0.297 e. The maximum atomic E-state index is 13.2. The lowest BCUT2D eigenvalue weighted by molar-refractivity contribution is 0.512. The summed E-state index contributed by atoms with van der Waals surface area (Å²) in [4.78, 5) is 5.39. The number of imidazole rings is 1. The zero-order valence-electron chi connectivity index (χ0n) is 11.1. The van der Waals surface area contributed by atoms with E-state index in [1.54, 1.807) is 11.3 Å². The van der Waals surface area contributed by atoms with Crippen molar-refractivity contribution in [1.29, 1.82) is 0 Å². The zero-order chi connectivity index (χ0) is 14.8. The molecule has 7 heteroatoms. The highest BCUT2D eigenvalue weighted by Crippen LogP contribution is 2.15. The highest BCUT2D eigenvalue weighted by Gasteiger charge is 2.13. The summed E-state index contributed by atoms with van der Waals surface area (Å²) in [6.07, 6.45) is 4.88. The van der Waals surface area contributed by atoms with Crippen molar-refractivity contribution >= 4 is 16.3 Å². The minimum atomic E-state index is -0.580. The van der Waals surface area contributed by atoms with Gasteiger partial charge in [0.25, 0.3) is 0 Å². The van der Waals surface area contributed by atoms with Crippen LogP contribution in [-0.4, -0.2) is 15.4 Å². The van der Waals surface area contributed by atoms with Crippen LogP contribution >= 0.6 is 11.3 Å². The SMILES string of the molecule is NNC(Cc1cc(F)cc(F)c1)Cc1cn2ccsc2n1. The Morgan fingerprint density at radius 1 is 1.24 bits per heavy atom. The molecule has 1 aromatic carbocycles. The third-order valence-electron chi connectivity index (χ3n) is 3.24. The number of hydrazine groups is 1. The molecule has 0 aliphatic carbocycles. The number of nitrogens with two attached hydrogens (primary N) is 1. The number of aromatic nitrogens is 2. The molecular weight excluding hydrogens is 294 g/mol. The van der Waals surface area contributed by atoms with Gasteiger partial charge in [0, 0.05) is 36.3 Å². The Morgan fingerprint density at radius 3 is 2.67 bits per heavy atom. The van der Waals surface area contributed by atoms with Gasteiger partial charge in [-0.3, -0.25) is 15.7 Å². The number of hydrogen-bond acceptors (Lipinski definition) is 4. The third-order valence-corrected chi connectivity index (χ3v) is 4.01. The summed E-state index contributed by atoms with van der Waals surface area (Å²) in [5.41, 5.74) is 4.14. The number of fused-ring (bicyclic) bond motifs is 1. The molecule has 0 fully saturated rings. The Labute approximate surface area is 124 Å². The summed E-state index contributed by atoms with van der Waals surface area (Å²) >= 11 is 1.55. The Kier molecular flexibility index (Phi) is 3.96. The van der Waals surface area contributed by atoms with Gasteiger partial charge in [-0.2, -0.15) is 0 Å². The Morgan fingerprint density at radius 2 is 2.00 bits per heavy atom. The molecule has 1 atom stereocenters. The zero-order valence-corrected chi connectivity index (χ0v) is 11.9. The lowest BCUT2D eigenvalue weighted by Crippen LogP contribution is -2.38. The van der Waals surface area contributed by atoms with E-state index >= 15 is 0 Å². The first-order chi connectivity index (χ1) is 10.1. The van der Waals surface area contributed by atoms with Crippen LogP contribution in [0.4, 0.5) is 8.78 Å². The van der Waals surface area contributed by atoms with E-state index in [1.807, 2.05) is 22.2 Å². The molecular formula is C14H14F2N4S. The number of nitrogens with one attached hydrogen (secondary N) is 1. The molecule has 0 saturated heterocycles. The average molecular weight is 308 g/mol. The molecule has 0 radical (unpaired) electrons. The van der Waals surface area contributed by atoms with Gasteiger partial charge in [0.05, 0.1) is 5.69 Å². The van der Waals surface area contributed by atoms with E-state index in [9.17, 15) is 8.78 Å². The minimum Gasteiger partial charge on any atom is -0.297 e. The average Bonchev–Trinajstić information content (AvgIpc) is 2.97. The van der Waals surface area contributed by atoms with Gasteiger partial charge in [-0.1, -0.05) is 0 Å². The van der Waals surface area contributed by atoms with Crippen LogP contribution in [0.3, 0.4) is 0 Å². The fraction of sp³-hybridized carbons (Fsp3) is 0.214. The van der Waals surface area contributed by atoms with Crippen molar-refractivity contribution in [2.45, 2.75) is 18.9 Å². The van der Waals surface area contributed by atoms with Gasteiger partial charge in [0.15, 0.2) is 4.96 Å². The van der Waals surface area contributed by atoms with Gasteiger partial charge in [0.1, 0.15) is 11.6 Å². The van der Waals surface area contributed by atoms with Crippen LogP contribution in [0, 0.1) is 11.6 Å². The standard InChI is InChI=1S/C14H14F2N4S/c15-10-3-9(4-11(16)6-10)5-12(19-17)7-13-8-20-1-2-21-14(20)18-13/h1-4,6,8,12,19H,5,7,17H2. The van der Waals surface area contributed by atoms with Gasteiger partial charge in [0.2, 0.25) is 0 Å². The van der Waals surface area contributed by atoms with Gasteiger partial charge in [-0.25, -0.2) is 13.8 Å². The first kappa shape index (κ1) is 14.1. The summed E-state index contributed by atoms with van der Waals surface area (Å²) < 4.78 is 28.3. The van der Waals surface area contributed by atoms with Crippen LogP contribution in [0.25, 0.3) is 4.96 Å². The Balaban J connectivity index is 1.74. The predicted molar refractivity (Wildman–Crippen MR) is 77.9 cm³/mol. The van der Waals surface area contributed by atoms with Crippen molar-refractivity contribution in [2.24, 2.45) is 5.84 Å². The van der Waals surface area contributed by atoms with Gasteiger partial charge in [-0.15, -0.1) is 11.3 Å². The second-order valence-electron chi connectivity index (χ2n) is 4.87. The van der Waals surface area contributed by atoms with E-state index in [0.29, 0.717) is 18.4 Å². The van der Waals surface area contributed by atoms with E-state index in [2.05, 4.69) is 10.4 Å². The van der Waals surface area contributed by atoms with Crippen LogP contribution in [0.5, 0.6) is 0 Å². The predicted octanol–water partition coefficient (Wildman–Crippen LogP) is 2.29. The molecule has 0 saturated carbocycles. The van der Waals surface area contributed by atoms with Gasteiger partial charge < -0.3 is 0 Å². The number of hydrogen-bond donors (Lipinski definition) is 2. The topological polar surface area (TPSA) is 55.3 Å². The van der Waals surface area contributed by atoms with Crippen molar-refractivity contribution in [3.8, 4) is 0 Å². The smallest absolute Gasteiger partial charge is 0.193 e. The van der Waals surface area contributed by atoms with E-state index in [0.717, 1.165) is 16.7 Å². The maximum absolute atomic E-state index is 13.2. The number of halogens is 2. The van der Waals surface area contributed by atoms with E-state index < -0.39 is 11.6 Å². The van der Waals surface area contributed by atoms with Crippen LogP contribution in [0.2, 0.25) is 0 Å². The summed E-state index contributed by atoms with van der Waals surface area (Å²) in [5.74, 6) is 4.38. The molecule has 0 aliphatic heterocycles. The number of rotatable bonds is 5. The number of nitrogens with zero attached hydrogens (tertiary/aromatic N) is 2. The maximum Gasteiger partial charge on any atom is 0.193 e. The van der Waals surface area contributed by atoms with Crippen molar-refractivity contribution < 1.29 is 8.78 Å². The first-order valence-corrected chi connectivity index (χ1v) is 7.34. The molecule has 3 rings (SSSR count). The Hall–Kier alpha value is -1.83. The molecule has 0 spiro atoms. The molecule has 3 N–H and O–H groups in total. The number of thiazole rings is 1. The molecule has 0 aliphatic rings. The van der Waals surface area contributed by atoms with E-state index in [-0.39, 0.29) is 6.04 Å². The lowest BCUT2D eigenvalue weighted by Gasteiger charge is -2.14. The normalized spacial score (nSPS) is 12.9. The molecule has 110 valence electrons. The summed E-state index contributed by atoms with van der Waals surface area (Å²) in [6, 6.07) is 3.35. The van der Waals surface area contributed by atoms with Crippen LogP contribution < -0.4 is 11.3 Å². The molecule has 21 heavy (non-hydrogen) atoms. The molecule has 3 aromatic rings. The van der Waals surface area contributed by atoms with E-state index in [1.165, 1.54) is 12.1 Å². The van der Waals surface area contributed by atoms with Crippen molar-refractivity contribution in [3.05, 3.63) is 58.9 Å². The molecule has 4 nitrogen and oxygen atoms in total. The fourth-order valence-corrected chi connectivity index (χ4v) is 3.05. The monoisotopic (exact) mass is 308 g/mol. The summed E-state index contributed by atoms with van der Waals surface area (Å²) in [7, 11) is 0. The van der Waals surface area contributed by atoms with Crippen molar-refractivity contribution in [2.75, 3.05) is 0 Å². The second kappa shape index (κ2) is 5.88. The van der Waals surface area contributed by atoms with Crippen LogP contribution in [0.15, 0.2) is 36.0 Å². The lowest BCUT2D eigenvalue weighted by atomic mass is 10.0. The van der Waals surface area contributed by atoms with Crippen molar-refractivity contribution in [1.82, 2.24) is 14.8 Å². The van der Waals surface area contributed by atoms with Crippen LogP contribution in [-0.2, 0) is 12.8 Å². The quantitative estimate of drug-likeness (QED) is 0.562. The van der Waals surface area contributed by atoms with Gasteiger partial charge in [-0.05, 0) is 24.1 Å². The highest BCUT2D eigenvalue weighted by molar-refractivity contribution is 7.15. The summed E-state index contributed by atoms with van der Waals surface area (Å²) in [5, 5.41) is 1.96. The second-order valence-corrected chi connectivity index (χ2v) is 5.75. The van der Waals surface area contributed by atoms with Gasteiger partial charge >= 0.3 is 0 Å². The first-order valence-electron chi connectivity index (χ1n) is 6.46. The van der Waals surface area contributed by atoms with Crippen molar-refractivity contribution in [3.63, 3.8) is 0 Å². The number of benzene rings is 1. The highest BCUT2D eigenvalue weighted by atomic mass is 32.1. The minimum absolute atomic E-state index is 0.143. The third kappa shape index (κ3) is 3.26.